The summed E-state index contributed by atoms with van der Waals surface area (Å²) in [6.45, 7) is 0. The van der Waals surface area contributed by atoms with Crippen LogP contribution in [-0.4, -0.2) is 20.2 Å². The Balaban J connectivity index is 1.49. The minimum Gasteiger partial charge on any atom is -0.420 e. The highest BCUT2D eigenvalue weighted by atomic mass is 79.9. The van der Waals surface area contributed by atoms with E-state index >= 15 is 0 Å². The summed E-state index contributed by atoms with van der Waals surface area (Å²) in [6.07, 6.45) is 0. The first kappa shape index (κ1) is 16.2. The Morgan fingerprint density at radius 2 is 1.84 bits per heavy atom. The molecule has 0 saturated carbocycles. The molecular formula is C16H9BrF2N4OS. The highest BCUT2D eigenvalue weighted by Gasteiger charge is 2.12. The van der Waals surface area contributed by atoms with Gasteiger partial charge in [-0.1, -0.05) is 27.7 Å². The number of benzene rings is 2. The van der Waals surface area contributed by atoms with E-state index in [4.69, 9.17) is 4.42 Å². The van der Waals surface area contributed by atoms with Crippen molar-refractivity contribution < 1.29 is 13.2 Å². The fraction of sp³-hybridized carbons (Fsp3) is 0.0625. The summed E-state index contributed by atoms with van der Waals surface area (Å²) in [4.78, 5) is 7.14. The number of aromatic amines is 1. The molecule has 0 spiro atoms. The molecule has 0 radical (unpaired) electrons. The van der Waals surface area contributed by atoms with Crippen LogP contribution in [0.1, 0.15) is 5.89 Å². The molecule has 2 aromatic carbocycles. The monoisotopic (exact) mass is 422 g/mol. The van der Waals surface area contributed by atoms with Crippen LogP contribution >= 0.6 is 27.7 Å². The van der Waals surface area contributed by atoms with Crippen molar-refractivity contribution in [2.75, 3.05) is 0 Å². The van der Waals surface area contributed by atoms with Gasteiger partial charge in [0.2, 0.25) is 11.8 Å². The third-order valence-corrected chi connectivity index (χ3v) is 4.78. The first-order valence-corrected chi connectivity index (χ1v) is 8.92. The van der Waals surface area contributed by atoms with Gasteiger partial charge in [-0.3, -0.25) is 0 Å². The number of thioether (sulfide) groups is 1. The van der Waals surface area contributed by atoms with Crippen molar-refractivity contribution in [2.45, 2.75) is 10.9 Å². The quantitative estimate of drug-likeness (QED) is 0.471. The lowest BCUT2D eigenvalue weighted by Gasteiger charge is -1.95. The fourth-order valence-corrected chi connectivity index (χ4v) is 3.19. The standard InChI is InChI=1S/C16H9BrF2N4OS/c17-9-3-1-8(2-4-9)15-23-22-14(24-15)7-25-16-20-12-5-10(18)11(19)6-13(12)21-16/h1-6H,7H2,(H,20,21). The molecule has 0 aliphatic carbocycles. The zero-order valence-corrected chi connectivity index (χ0v) is 14.9. The van der Waals surface area contributed by atoms with Crippen molar-refractivity contribution in [1.82, 2.24) is 20.2 Å². The summed E-state index contributed by atoms with van der Waals surface area (Å²) < 4.78 is 33.0. The lowest BCUT2D eigenvalue weighted by molar-refractivity contribution is 0.510. The molecule has 0 amide bonds. The number of halogens is 3. The van der Waals surface area contributed by atoms with Gasteiger partial charge in [0, 0.05) is 22.2 Å². The van der Waals surface area contributed by atoms with Crippen molar-refractivity contribution in [3.63, 3.8) is 0 Å². The van der Waals surface area contributed by atoms with Crippen LogP contribution in [-0.2, 0) is 5.75 Å². The van der Waals surface area contributed by atoms with Crippen LogP contribution in [0, 0.1) is 11.6 Å². The van der Waals surface area contributed by atoms with Crippen molar-refractivity contribution in [1.29, 1.82) is 0 Å². The van der Waals surface area contributed by atoms with Gasteiger partial charge in [-0.15, -0.1) is 10.2 Å². The molecule has 0 saturated heterocycles. The third-order valence-electron chi connectivity index (χ3n) is 3.39. The van der Waals surface area contributed by atoms with Crippen LogP contribution in [0.4, 0.5) is 8.78 Å². The average Bonchev–Trinajstić information content (AvgIpc) is 3.21. The van der Waals surface area contributed by atoms with E-state index in [0.717, 1.165) is 22.2 Å². The summed E-state index contributed by atoms with van der Waals surface area (Å²) in [7, 11) is 0. The first-order chi connectivity index (χ1) is 12.1. The molecule has 0 atom stereocenters. The molecule has 0 aliphatic rings. The van der Waals surface area contributed by atoms with Crippen molar-refractivity contribution >= 4 is 38.7 Å². The summed E-state index contributed by atoms with van der Waals surface area (Å²) in [5, 5.41) is 8.54. The summed E-state index contributed by atoms with van der Waals surface area (Å²) in [5.74, 6) is -0.596. The van der Waals surface area contributed by atoms with Gasteiger partial charge >= 0.3 is 0 Å². The summed E-state index contributed by atoms with van der Waals surface area (Å²) >= 11 is 4.68. The van der Waals surface area contributed by atoms with E-state index in [1.165, 1.54) is 11.8 Å². The zero-order chi connectivity index (χ0) is 17.4. The Hall–Kier alpha value is -2.26. The first-order valence-electron chi connectivity index (χ1n) is 7.14. The SMILES string of the molecule is Fc1cc2nc(SCc3nnc(-c4ccc(Br)cc4)o3)[nH]c2cc1F. The van der Waals surface area contributed by atoms with Gasteiger partial charge in [0.15, 0.2) is 16.8 Å². The number of nitrogens with one attached hydrogen (secondary N) is 1. The molecule has 0 unspecified atom stereocenters. The van der Waals surface area contributed by atoms with Gasteiger partial charge in [-0.05, 0) is 24.3 Å². The molecule has 2 aromatic heterocycles. The zero-order valence-electron chi connectivity index (χ0n) is 12.5. The molecule has 1 N–H and O–H groups in total. The topological polar surface area (TPSA) is 67.6 Å². The summed E-state index contributed by atoms with van der Waals surface area (Å²) in [6, 6.07) is 9.67. The van der Waals surface area contributed by atoms with E-state index in [2.05, 4.69) is 36.1 Å². The Morgan fingerprint density at radius 1 is 1.08 bits per heavy atom. The van der Waals surface area contributed by atoms with Crippen LogP contribution < -0.4 is 0 Å². The molecule has 0 aliphatic heterocycles. The third kappa shape index (κ3) is 3.42. The maximum atomic E-state index is 13.2. The van der Waals surface area contributed by atoms with Crippen LogP contribution in [0.2, 0.25) is 0 Å². The number of hydrogen-bond donors (Lipinski definition) is 1. The number of nitrogens with zero attached hydrogens (tertiary/aromatic N) is 3. The fourth-order valence-electron chi connectivity index (χ4n) is 2.20. The van der Waals surface area contributed by atoms with Crippen LogP contribution in [0.5, 0.6) is 0 Å². The second kappa shape index (κ2) is 6.57. The number of fused-ring (bicyclic) bond motifs is 1. The molecule has 4 rings (SSSR count). The van der Waals surface area contributed by atoms with Gasteiger partial charge in [0.25, 0.3) is 0 Å². The van der Waals surface area contributed by atoms with Gasteiger partial charge in [0.05, 0.1) is 16.8 Å². The van der Waals surface area contributed by atoms with Gasteiger partial charge in [-0.25, -0.2) is 13.8 Å². The normalized spacial score (nSPS) is 11.3. The van der Waals surface area contributed by atoms with E-state index in [9.17, 15) is 8.78 Å². The maximum Gasteiger partial charge on any atom is 0.247 e. The second-order valence-electron chi connectivity index (χ2n) is 5.12. The highest BCUT2D eigenvalue weighted by Crippen LogP contribution is 2.26. The van der Waals surface area contributed by atoms with Gasteiger partial charge in [0.1, 0.15) is 0 Å². The van der Waals surface area contributed by atoms with Crippen LogP contribution in [0.25, 0.3) is 22.5 Å². The maximum absolute atomic E-state index is 13.2. The predicted octanol–water partition coefficient (Wildman–Crippen LogP) is 4.95. The molecule has 4 aromatic rings. The second-order valence-corrected chi connectivity index (χ2v) is 7.00. The minimum absolute atomic E-state index is 0.363. The Labute approximate surface area is 153 Å². The van der Waals surface area contributed by atoms with Crippen LogP contribution in [0.3, 0.4) is 0 Å². The molecule has 0 bridgehead atoms. The predicted molar refractivity (Wildman–Crippen MR) is 93.0 cm³/mol. The van der Waals surface area contributed by atoms with Crippen molar-refractivity contribution in [3.05, 3.63) is 58.4 Å². The van der Waals surface area contributed by atoms with E-state index in [1.54, 1.807) is 0 Å². The number of imidazole rings is 1. The van der Waals surface area contributed by atoms with E-state index in [0.29, 0.717) is 33.7 Å². The largest absolute Gasteiger partial charge is 0.420 e. The van der Waals surface area contributed by atoms with Crippen LogP contribution in [0.15, 0.2) is 50.4 Å². The van der Waals surface area contributed by atoms with E-state index < -0.39 is 11.6 Å². The lowest BCUT2D eigenvalue weighted by Crippen LogP contribution is -1.82. The molecule has 126 valence electrons. The highest BCUT2D eigenvalue weighted by molar-refractivity contribution is 9.10. The smallest absolute Gasteiger partial charge is 0.247 e. The number of hydrogen-bond acceptors (Lipinski definition) is 5. The average molecular weight is 423 g/mol. The van der Waals surface area contributed by atoms with E-state index in [-0.39, 0.29) is 0 Å². The molecule has 9 heteroatoms. The minimum atomic E-state index is -0.924. The number of H-pyrrole nitrogens is 1. The van der Waals surface area contributed by atoms with Crippen molar-refractivity contribution in [3.8, 4) is 11.5 Å². The van der Waals surface area contributed by atoms with Gasteiger partial charge in [-0.2, -0.15) is 0 Å². The Bertz CT molecular complexity index is 1010. The summed E-state index contributed by atoms with van der Waals surface area (Å²) in [5.41, 5.74) is 1.62. The molecule has 25 heavy (non-hydrogen) atoms. The number of rotatable bonds is 4. The molecule has 5 nitrogen and oxygen atoms in total. The lowest BCUT2D eigenvalue weighted by atomic mass is 10.2. The van der Waals surface area contributed by atoms with Gasteiger partial charge < -0.3 is 9.40 Å². The Kier molecular flexibility index (Phi) is 4.26. The number of aromatic nitrogens is 4. The molecule has 0 fully saturated rings. The molecule has 2 heterocycles. The Morgan fingerprint density at radius 3 is 2.64 bits per heavy atom. The molecular weight excluding hydrogens is 414 g/mol. The van der Waals surface area contributed by atoms with E-state index in [1.807, 2.05) is 24.3 Å². The van der Waals surface area contributed by atoms with Crippen molar-refractivity contribution in [2.24, 2.45) is 0 Å².